The Morgan fingerprint density at radius 1 is 1.35 bits per heavy atom. The Morgan fingerprint density at radius 3 is 2.91 bits per heavy atom. The van der Waals surface area contributed by atoms with Crippen LogP contribution in [0, 0.1) is 5.41 Å². The molecule has 2 aliphatic rings. The van der Waals surface area contributed by atoms with Crippen molar-refractivity contribution in [3.63, 3.8) is 0 Å². The van der Waals surface area contributed by atoms with Gasteiger partial charge in [-0.05, 0) is 69.6 Å². The Kier molecular flexibility index (Phi) is 9.39. The molecule has 1 aromatic heterocycles. The predicted octanol–water partition coefficient (Wildman–Crippen LogP) is 3.68. The van der Waals surface area contributed by atoms with Crippen LogP contribution in [0.4, 0.5) is 5.82 Å². The number of carbonyl (C=O) groups is 2. The van der Waals surface area contributed by atoms with Crippen molar-refractivity contribution >= 4 is 23.4 Å². The average Bonchev–Trinajstić information content (AvgIpc) is 3.65. The van der Waals surface area contributed by atoms with Crippen LogP contribution in [0.1, 0.15) is 56.7 Å². The number of aliphatic imine (C=N–C) groups is 1. The highest BCUT2D eigenvalue weighted by Crippen LogP contribution is 2.47. The van der Waals surface area contributed by atoms with Crippen molar-refractivity contribution in [1.29, 1.82) is 0 Å². The maximum absolute atomic E-state index is 12.8. The van der Waals surface area contributed by atoms with Crippen molar-refractivity contribution in [3.05, 3.63) is 48.3 Å². The van der Waals surface area contributed by atoms with Crippen molar-refractivity contribution in [2.75, 3.05) is 25.1 Å². The number of nitrogens with zero attached hydrogens (tertiary/aromatic N) is 2. The molecule has 0 saturated heterocycles. The van der Waals surface area contributed by atoms with Crippen LogP contribution in [-0.4, -0.2) is 53.5 Å². The summed E-state index contributed by atoms with van der Waals surface area (Å²) in [7, 11) is 0. The second-order valence-electron chi connectivity index (χ2n) is 8.94. The molecule has 1 amide bonds. The number of anilines is 1. The van der Waals surface area contributed by atoms with Crippen LogP contribution >= 0.6 is 0 Å². The number of hydrogen-bond donors (Lipinski definition) is 3. The van der Waals surface area contributed by atoms with Gasteiger partial charge < -0.3 is 20.5 Å². The Hall–Kier alpha value is -3.00. The van der Waals surface area contributed by atoms with E-state index in [-0.39, 0.29) is 18.9 Å². The fourth-order valence-corrected chi connectivity index (χ4v) is 4.09. The smallest absolute Gasteiger partial charge is 0.326 e. The summed E-state index contributed by atoms with van der Waals surface area (Å²) in [5.74, 6) is -0.314. The third kappa shape index (κ3) is 7.00. The maximum atomic E-state index is 12.8. The molecule has 1 atom stereocenters. The second kappa shape index (κ2) is 12.5. The van der Waals surface area contributed by atoms with Crippen LogP contribution in [0.3, 0.4) is 0 Å². The Morgan fingerprint density at radius 2 is 2.18 bits per heavy atom. The molecule has 8 nitrogen and oxygen atoms in total. The van der Waals surface area contributed by atoms with E-state index < -0.39 is 17.4 Å². The van der Waals surface area contributed by atoms with Gasteiger partial charge in [0.05, 0.1) is 5.41 Å². The Labute approximate surface area is 201 Å². The van der Waals surface area contributed by atoms with Gasteiger partial charge in [-0.2, -0.15) is 0 Å². The van der Waals surface area contributed by atoms with Crippen molar-refractivity contribution in [3.8, 4) is 0 Å². The fraction of sp³-hybridized carbons (Fsp3) is 0.538. The lowest BCUT2D eigenvalue weighted by Gasteiger charge is -2.19. The number of nitrogens with one attached hydrogen (secondary N) is 2. The molecule has 3 N–H and O–H groups in total. The quantitative estimate of drug-likeness (QED) is 0.218. The minimum Gasteiger partial charge on any atom is -0.480 e. The number of carboxylic acids is 1. The molecule has 2 heterocycles. The van der Waals surface area contributed by atoms with Gasteiger partial charge in [-0.3, -0.25) is 9.79 Å². The molecule has 1 aliphatic carbocycles. The Bertz CT molecular complexity index is 937. The molecule has 1 aromatic rings. The van der Waals surface area contributed by atoms with E-state index in [4.69, 9.17) is 9.72 Å². The molecule has 0 radical (unpaired) electrons. The zero-order valence-corrected chi connectivity index (χ0v) is 20.0. The van der Waals surface area contributed by atoms with Crippen molar-refractivity contribution in [1.82, 2.24) is 10.3 Å². The first-order valence-electron chi connectivity index (χ1n) is 12.1. The fourth-order valence-electron chi connectivity index (χ4n) is 4.09. The molecule has 34 heavy (non-hydrogen) atoms. The summed E-state index contributed by atoms with van der Waals surface area (Å²) in [6.45, 7) is 7.20. The van der Waals surface area contributed by atoms with E-state index in [1.165, 1.54) is 5.56 Å². The van der Waals surface area contributed by atoms with Crippen LogP contribution in [0.2, 0.25) is 0 Å². The summed E-state index contributed by atoms with van der Waals surface area (Å²) in [6.07, 6.45) is 11.4. The van der Waals surface area contributed by atoms with Gasteiger partial charge in [-0.1, -0.05) is 18.7 Å². The highest BCUT2D eigenvalue weighted by atomic mass is 16.5. The SMILES string of the molecule is C=C/C=C\N=C(/C)C1(C(=O)NC(CCOCCCCc2ccc3c(n2)NCCC3)C(=O)O)CC1. The molecule has 0 aromatic carbocycles. The standard InChI is InChI=1S/C26H36N4O4/c1-3-4-15-27-19(2)26(13-14-26)25(33)30-22(24(31)32)12-18-34-17-6-5-9-21-11-10-20-8-7-16-28-23(20)29-21/h3-4,10-11,15,22H,1,5-9,12-14,16-18H2,2H3,(H,28,29)(H,30,33)(H,31,32)/b15-4-,27-19+. The first kappa shape index (κ1) is 25.6. The molecule has 184 valence electrons. The number of carboxylic acid groups (broad SMARTS) is 1. The van der Waals surface area contributed by atoms with Gasteiger partial charge in [0.2, 0.25) is 5.91 Å². The van der Waals surface area contributed by atoms with Crippen molar-refractivity contribution < 1.29 is 19.4 Å². The Balaban J connectivity index is 1.35. The minimum absolute atomic E-state index is 0.224. The number of aryl methyl sites for hydroxylation is 2. The number of allylic oxidation sites excluding steroid dienone is 2. The number of carbonyl (C=O) groups excluding carboxylic acids is 1. The maximum Gasteiger partial charge on any atom is 0.326 e. The number of fused-ring (bicyclic) bond motifs is 1. The lowest BCUT2D eigenvalue weighted by atomic mass is 9.99. The molecule has 0 bridgehead atoms. The topological polar surface area (TPSA) is 113 Å². The van der Waals surface area contributed by atoms with E-state index in [0.29, 0.717) is 25.2 Å². The summed E-state index contributed by atoms with van der Waals surface area (Å²) in [5, 5.41) is 15.6. The monoisotopic (exact) mass is 468 g/mol. The molecular weight excluding hydrogens is 432 g/mol. The minimum atomic E-state index is -1.05. The number of amides is 1. The van der Waals surface area contributed by atoms with E-state index in [1.807, 2.05) is 0 Å². The zero-order chi connectivity index (χ0) is 24.4. The lowest BCUT2D eigenvalue weighted by molar-refractivity contribution is -0.142. The van der Waals surface area contributed by atoms with Gasteiger partial charge in [0.1, 0.15) is 11.9 Å². The van der Waals surface area contributed by atoms with Crippen molar-refractivity contribution in [2.24, 2.45) is 10.4 Å². The molecule has 0 spiro atoms. The predicted molar refractivity (Wildman–Crippen MR) is 133 cm³/mol. The average molecular weight is 469 g/mol. The van der Waals surface area contributed by atoms with Crippen molar-refractivity contribution in [2.45, 2.75) is 64.3 Å². The number of aliphatic carboxylic acids is 1. The molecule has 8 heteroatoms. The van der Waals surface area contributed by atoms with Crippen LogP contribution in [-0.2, 0) is 27.2 Å². The molecule has 3 rings (SSSR count). The van der Waals surface area contributed by atoms with E-state index in [0.717, 1.165) is 50.2 Å². The van der Waals surface area contributed by atoms with Crippen LogP contribution in [0.25, 0.3) is 0 Å². The van der Waals surface area contributed by atoms with Gasteiger partial charge in [0.25, 0.3) is 0 Å². The number of ether oxygens (including phenoxy) is 1. The normalized spacial score (nSPS) is 17.5. The van der Waals surface area contributed by atoms with Crippen LogP contribution in [0.15, 0.2) is 42.1 Å². The summed E-state index contributed by atoms with van der Waals surface area (Å²) in [5.41, 5.74) is 2.36. The summed E-state index contributed by atoms with van der Waals surface area (Å²) in [6, 6.07) is 3.29. The molecular formula is C26H36N4O4. The summed E-state index contributed by atoms with van der Waals surface area (Å²) in [4.78, 5) is 33.4. The largest absolute Gasteiger partial charge is 0.480 e. The number of hydrogen-bond acceptors (Lipinski definition) is 6. The van der Waals surface area contributed by atoms with E-state index in [9.17, 15) is 14.7 Å². The second-order valence-corrected chi connectivity index (χ2v) is 8.94. The molecule has 1 aliphatic heterocycles. The lowest BCUT2D eigenvalue weighted by Crippen LogP contribution is -2.46. The molecule has 1 unspecified atom stereocenters. The van der Waals surface area contributed by atoms with Gasteiger partial charge in [0, 0.05) is 43.8 Å². The van der Waals surface area contributed by atoms with Gasteiger partial charge in [-0.15, -0.1) is 0 Å². The number of aromatic nitrogens is 1. The third-order valence-corrected chi connectivity index (χ3v) is 6.45. The summed E-state index contributed by atoms with van der Waals surface area (Å²) >= 11 is 0. The molecule has 1 saturated carbocycles. The van der Waals surface area contributed by atoms with Gasteiger partial charge >= 0.3 is 5.97 Å². The van der Waals surface area contributed by atoms with E-state index in [2.05, 4.69) is 34.3 Å². The zero-order valence-electron chi connectivity index (χ0n) is 20.0. The van der Waals surface area contributed by atoms with Crippen LogP contribution < -0.4 is 10.6 Å². The summed E-state index contributed by atoms with van der Waals surface area (Å²) < 4.78 is 5.65. The number of unbranched alkanes of at least 4 members (excludes halogenated alkanes) is 1. The highest BCUT2D eigenvalue weighted by Gasteiger charge is 2.53. The number of pyridine rings is 1. The van der Waals surface area contributed by atoms with E-state index in [1.54, 1.807) is 25.3 Å². The van der Waals surface area contributed by atoms with Gasteiger partial charge in [0.15, 0.2) is 0 Å². The van der Waals surface area contributed by atoms with Crippen LogP contribution in [0.5, 0.6) is 0 Å². The van der Waals surface area contributed by atoms with E-state index >= 15 is 0 Å². The number of rotatable bonds is 14. The first-order valence-corrected chi connectivity index (χ1v) is 12.1. The molecule has 1 fully saturated rings. The third-order valence-electron chi connectivity index (χ3n) is 6.45. The van der Waals surface area contributed by atoms with Gasteiger partial charge in [-0.25, -0.2) is 9.78 Å². The highest BCUT2D eigenvalue weighted by molar-refractivity contribution is 6.11. The first-order chi connectivity index (χ1) is 16.5.